The van der Waals surface area contributed by atoms with E-state index < -0.39 is 0 Å². The Balaban J connectivity index is 2.24. The zero-order chi connectivity index (χ0) is 12.4. The van der Waals surface area contributed by atoms with Crippen molar-refractivity contribution in [1.29, 1.82) is 0 Å². The molecule has 1 aliphatic heterocycles. The van der Waals surface area contributed by atoms with Gasteiger partial charge in [0.05, 0.1) is 0 Å². The van der Waals surface area contributed by atoms with Crippen LogP contribution in [0.15, 0.2) is 24.3 Å². The molecule has 0 N–H and O–H groups in total. The van der Waals surface area contributed by atoms with Gasteiger partial charge in [0.15, 0.2) is 0 Å². The van der Waals surface area contributed by atoms with Crippen LogP contribution in [0, 0.1) is 6.92 Å². The number of likely N-dealkylation sites (tertiary alicyclic amines) is 1. The van der Waals surface area contributed by atoms with Gasteiger partial charge in [-0.15, -0.1) is 0 Å². The maximum Gasteiger partial charge on any atom is 0.254 e. The molecule has 1 aromatic carbocycles. The Morgan fingerprint density at radius 2 is 1.88 bits per heavy atom. The Hall–Kier alpha value is -1.31. The molecule has 1 aliphatic rings. The molecule has 1 aromatic rings. The van der Waals surface area contributed by atoms with E-state index in [0.717, 1.165) is 24.0 Å². The summed E-state index contributed by atoms with van der Waals surface area (Å²) in [5.41, 5.74) is 1.97. The number of nitrogens with zero attached hydrogens (tertiary/aromatic N) is 1. The van der Waals surface area contributed by atoms with E-state index in [2.05, 4.69) is 18.7 Å². The molecular formula is C15H21NO. The molecule has 2 atom stereocenters. The van der Waals surface area contributed by atoms with Gasteiger partial charge >= 0.3 is 0 Å². The van der Waals surface area contributed by atoms with E-state index in [9.17, 15) is 4.79 Å². The first-order chi connectivity index (χ1) is 8.09. The molecule has 0 unspecified atom stereocenters. The first-order valence-corrected chi connectivity index (χ1v) is 6.49. The van der Waals surface area contributed by atoms with Crippen molar-refractivity contribution in [2.45, 2.75) is 52.1 Å². The molecule has 1 saturated heterocycles. The van der Waals surface area contributed by atoms with E-state index >= 15 is 0 Å². The number of carbonyl (C=O) groups excluding carboxylic acids is 1. The highest BCUT2D eigenvalue weighted by molar-refractivity contribution is 5.94. The highest BCUT2D eigenvalue weighted by Gasteiger charge is 2.29. The summed E-state index contributed by atoms with van der Waals surface area (Å²) in [5, 5.41) is 0. The van der Waals surface area contributed by atoms with Gasteiger partial charge in [-0.05, 0) is 52.2 Å². The van der Waals surface area contributed by atoms with Gasteiger partial charge in [-0.25, -0.2) is 0 Å². The van der Waals surface area contributed by atoms with Crippen LogP contribution in [0.3, 0.4) is 0 Å². The third-order valence-electron chi connectivity index (χ3n) is 3.69. The molecule has 92 valence electrons. The molecule has 1 fully saturated rings. The molecule has 0 aromatic heterocycles. The second-order valence-electron chi connectivity index (χ2n) is 5.21. The summed E-state index contributed by atoms with van der Waals surface area (Å²) >= 11 is 0. The normalized spacial score (nSPS) is 24.8. The van der Waals surface area contributed by atoms with Crippen LogP contribution in [-0.4, -0.2) is 22.9 Å². The summed E-state index contributed by atoms with van der Waals surface area (Å²) < 4.78 is 0. The SMILES string of the molecule is Cc1cccc(C(=O)N2[C@@H](C)CCC[C@@H]2C)c1. The number of aryl methyl sites for hydroxylation is 1. The van der Waals surface area contributed by atoms with Gasteiger partial charge in [-0.1, -0.05) is 17.7 Å². The number of hydrogen-bond donors (Lipinski definition) is 0. The van der Waals surface area contributed by atoms with Crippen molar-refractivity contribution in [3.05, 3.63) is 35.4 Å². The maximum absolute atomic E-state index is 12.5. The predicted molar refractivity (Wildman–Crippen MR) is 70.1 cm³/mol. The van der Waals surface area contributed by atoms with Gasteiger partial charge in [-0.3, -0.25) is 4.79 Å². The van der Waals surface area contributed by atoms with Crippen LogP contribution >= 0.6 is 0 Å². The summed E-state index contributed by atoms with van der Waals surface area (Å²) in [6, 6.07) is 8.63. The van der Waals surface area contributed by atoms with Gasteiger partial charge in [-0.2, -0.15) is 0 Å². The molecule has 2 heteroatoms. The Bertz CT molecular complexity index is 403. The first-order valence-electron chi connectivity index (χ1n) is 6.49. The van der Waals surface area contributed by atoms with Crippen molar-refractivity contribution in [1.82, 2.24) is 4.90 Å². The van der Waals surface area contributed by atoms with Crippen LogP contribution in [0.25, 0.3) is 0 Å². The van der Waals surface area contributed by atoms with E-state index in [-0.39, 0.29) is 5.91 Å². The summed E-state index contributed by atoms with van der Waals surface area (Å²) in [4.78, 5) is 14.6. The minimum Gasteiger partial charge on any atom is -0.333 e. The second-order valence-corrected chi connectivity index (χ2v) is 5.21. The smallest absolute Gasteiger partial charge is 0.254 e. The standard InChI is InChI=1S/C15H21NO/c1-11-6-4-9-14(10-11)15(17)16-12(2)7-5-8-13(16)3/h4,6,9-10,12-13H,5,7-8H2,1-3H3/t12-,13-/m0/s1. The molecule has 0 saturated carbocycles. The third-order valence-corrected chi connectivity index (χ3v) is 3.69. The van der Waals surface area contributed by atoms with Crippen LogP contribution < -0.4 is 0 Å². The van der Waals surface area contributed by atoms with E-state index in [1.165, 1.54) is 6.42 Å². The maximum atomic E-state index is 12.5. The predicted octanol–water partition coefficient (Wildman–Crippen LogP) is 3.40. The average molecular weight is 231 g/mol. The van der Waals surface area contributed by atoms with Gasteiger partial charge in [0.1, 0.15) is 0 Å². The zero-order valence-electron chi connectivity index (χ0n) is 10.9. The zero-order valence-corrected chi connectivity index (χ0v) is 10.9. The second kappa shape index (κ2) is 4.91. The Labute approximate surface area is 104 Å². The van der Waals surface area contributed by atoms with Crippen molar-refractivity contribution in [2.24, 2.45) is 0 Å². The molecule has 2 rings (SSSR count). The number of carbonyl (C=O) groups is 1. The molecule has 0 bridgehead atoms. The third kappa shape index (κ3) is 2.51. The lowest BCUT2D eigenvalue weighted by atomic mass is 9.96. The highest BCUT2D eigenvalue weighted by Crippen LogP contribution is 2.24. The topological polar surface area (TPSA) is 20.3 Å². The number of hydrogen-bond acceptors (Lipinski definition) is 1. The fraction of sp³-hybridized carbons (Fsp3) is 0.533. The quantitative estimate of drug-likeness (QED) is 0.725. The molecule has 0 aliphatic carbocycles. The minimum absolute atomic E-state index is 0.188. The monoisotopic (exact) mass is 231 g/mol. The summed E-state index contributed by atoms with van der Waals surface area (Å²) in [6.07, 6.45) is 3.49. The lowest BCUT2D eigenvalue weighted by Crippen LogP contribution is -2.47. The fourth-order valence-electron chi connectivity index (χ4n) is 2.75. The van der Waals surface area contributed by atoms with Crippen molar-refractivity contribution in [3.8, 4) is 0 Å². The number of amides is 1. The Kier molecular flexibility index (Phi) is 3.51. The fourth-order valence-corrected chi connectivity index (χ4v) is 2.75. The van der Waals surface area contributed by atoms with Crippen LogP contribution in [0.4, 0.5) is 0 Å². The summed E-state index contributed by atoms with van der Waals surface area (Å²) in [6.45, 7) is 6.34. The Morgan fingerprint density at radius 3 is 2.47 bits per heavy atom. The van der Waals surface area contributed by atoms with Crippen molar-refractivity contribution >= 4 is 5.91 Å². The molecule has 17 heavy (non-hydrogen) atoms. The van der Waals surface area contributed by atoms with Crippen molar-refractivity contribution in [2.75, 3.05) is 0 Å². The molecule has 1 heterocycles. The minimum atomic E-state index is 0.188. The number of rotatable bonds is 1. The Morgan fingerprint density at radius 1 is 1.24 bits per heavy atom. The van der Waals surface area contributed by atoms with Gasteiger partial charge < -0.3 is 4.90 Å². The van der Waals surface area contributed by atoms with Crippen LogP contribution in [0.1, 0.15) is 49.0 Å². The summed E-state index contributed by atoms with van der Waals surface area (Å²) in [5.74, 6) is 0.188. The van der Waals surface area contributed by atoms with Crippen LogP contribution in [-0.2, 0) is 0 Å². The largest absolute Gasteiger partial charge is 0.333 e. The number of piperidine rings is 1. The van der Waals surface area contributed by atoms with E-state index in [4.69, 9.17) is 0 Å². The lowest BCUT2D eigenvalue weighted by molar-refractivity contribution is 0.0510. The van der Waals surface area contributed by atoms with E-state index in [0.29, 0.717) is 12.1 Å². The number of benzene rings is 1. The van der Waals surface area contributed by atoms with Crippen LogP contribution in [0.2, 0.25) is 0 Å². The van der Waals surface area contributed by atoms with Gasteiger partial charge in [0, 0.05) is 17.6 Å². The lowest BCUT2D eigenvalue weighted by Gasteiger charge is -2.39. The molecular weight excluding hydrogens is 210 g/mol. The van der Waals surface area contributed by atoms with E-state index in [1.54, 1.807) is 0 Å². The summed E-state index contributed by atoms with van der Waals surface area (Å²) in [7, 11) is 0. The highest BCUT2D eigenvalue weighted by atomic mass is 16.2. The average Bonchev–Trinajstić information content (AvgIpc) is 2.28. The van der Waals surface area contributed by atoms with Crippen LogP contribution in [0.5, 0.6) is 0 Å². The van der Waals surface area contributed by atoms with Crippen molar-refractivity contribution in [3.63, 3.8) is 0 Å². The van der Waals surface area contributed by atoms with Gasteiger partial charge in [0.2, 0.25) is 0 Å². The van der Waals surface area contributed by atoms with E-state index in [1.807, 2.05) is 31.2 Å². The van der Waals surface area contributed by atoms with Crippen molar-refractivity contribution < 1.29 is 4.79 Å². The molecule has 0 radical (unpaired) electrons. The van der Waals surface area contributed by atoms with Gasteiger partial charge in [0.25, 0.3) is 5.91 Å². The molecule has 2 nitrogen and oxygen atoms in total. The molecule has 1 amide bonds. The molecule has 0 spiro atoms. The first kappa shape index (κ1) is 12.2.